The van der Waals surface area contributed by atoms with Gasteiger partial charge in [0.15, 0.2) is 0 Å². The van der Waals surface area contributed by atoms with Gasteiger partial charge in [-0.15, -0.1) is 0 Å². The number of carbonyl (C=O) groups excluding carboxylic acids is 2. The fourth-order valence-corrected chi connectivity index (χ4v) is 2.94. The van der Waals surface area contributed by atoms with Gasteiger partial charge in [-0.3, -0.25) is 19.4 Å². The molecular weight excluding hydrogens is 318 g/mol. The lowest BCUT2D eigenvalue weighted by atomic mass is 10.0. The molecule has 1 N–H and O–H groups in total. The van der Waals surface area contributed by atoms with E-state index in [1.807, 2.05) is 30.3 Å². The number of nitrogens with one attached hydrogen (secondary N) is 1. The highest BCUT2D eigenvalue weighted by atomic mass is 16.6. The molecule has 1 fully saturated rings. The third-order valence-corrected chi connectivity index (χ3v) is 4.22. The Bertz CT molecular complexity index is 706. The average Bonchev–Trinajstić information content (AvgIpc) is 2.69. The normalized spacial score (nSPS) is 17.1. The lowest BCUT2D eigenvalue weighted by molar-refractivity contribution is -0.140. The number of likely N-dealkylation sites (tertiary alicyclic amines) is 1. The van der Waals surface area contributed by atoms with Crippen molar-refractivity contribution in [2.45, 2.75) is 31.9 Å². The minimum atomic E-state index is -0.504. The maximum absolute atomic E-state index is 12.7. The quantitative estimate of drug-likeness (QED) is 0.849. The molecule has 2 aromatic rings. The third kappa shape index (κ3) is 4.42. The molecule has 1 aliphatic heterocycles. The number of hydrogen-bond donors (Lipinski definition) is 1. The maximum Gasteiger partial charge on any atom is 0.266 e. The van der Waals surface area contributed by atoms with Gasteiger partial charge in [0, 0.05) is 24.5 Å². The van der Waals surface area contributed by atoms with E-state index in [4.69, 9.17) is 4.84 Å². The second kappa shape index (κ2) is 8.39. The van der Waals surface area contributed by atoms with E-state index < -0.39 is 6.04 Å². The van der Waals surface area contributed by atoms with Crippen LogP contribution in [0.4, 0.5) is 0 Å². The summed E-state index contributed by atoms with van der Waals surface area (Å²) in [4.78, 5) is 36.1. The molecule has 1 aliphatic rings. The summed E-state index contributed by atoms with van der Waals surface area (Å²) in [7, 11) is 0. The number of rotatable bonds is 5. The summed E-state index contributed by atoms with van der Waals surface area (Å²) in [5, 5.41) is 0. The van der Waals surface area contributed by atoms with E-state index in [-0.39, 0.29) is 18.4 Å². The Hall–Kier alpha value is -2.73. The van der Waals surface area contributed by atoms with Crippen molar-refractivity contribution in [1.29, 1.82) is 0 Å². The van der Waals surface area contributed by atoms with Crippen LogP contribution in [0.25, 0.3) is 0 Å². The van der Waals surface area contributed by atoms with E-state index in [0.29, 0.717) is 18.5 Å². The van der Waals surface area contributed by atoms with Crippen molar-refractivity contribution in [2.75, 3.05) is 6.54 Å². The monoisotopic (exact) mass is 339 g/mol. The Morgan fingerprint density at radius 3 is 2.76 bits per heavy atom. The first-order valence-corrected chi connectivity index (χ1v) is 8.42. The van der Waals surface area contributed by atoms with E-state index >= 15 is 0 Å². The molecule has 0 bridgehead atoms. The van der Waals surface area contributed by atoms with Crippen LogP contribution in [0.2, 0.25) is 0 Å². The number of nitrogens with zero attached hydrogens (tertiary/aromatic N) is 2. The van der Waals surface area contributed by atoms with Crippen LogP contribution in [0.3, 0.4) is 0 Å². The molecule has 3 rings (SSSR count). The van der Waals surface area contributed by atoms with Crippen LogP contribution in [-0.4, -0.2) is 34.3 Å². The molecular formula is C19H21N3O3. The average molecular weight is 339 g/mol. The molecule has 1 unspecified atom stereocenters. The van der Waals surface area contributed by atoms with Crippen LogP contribution < -0.4 is 5.48 Å². The SMILES string of the molecule is O=C(NOCc1cccnc1)C1CCCCN1C(=O)c1ccccc1. The van der Waals surface area contributed by atoms with Crippen molar-refractivity contribution in [1.82, 2.24) is 15.4 Å². The van der Waals surface area contributed by atoms with Crippen molar-refractivity contribution in [3.05, 3.63) is 66.0 Å². The van der Waals surface area contributed by atoms with Crippen LogP contribution in [0, 0.1) is 0 Å². The molecule has 25 heavy (non-hydrogen) atoms. The number of hydroxylamine groups is 1. The summed E-state index contributed by atoms with van der Waals surface area (Å²) < 4.78 is 0. The second-order valence-electron chi connectivity index (χ2n) is 5.99. The van der Waals surface area contributed by atoms with E-state index in [0.717, 1.165) is 18.4 Å². The fourth-order valence-electron chi connectivity index (χ4n) is 2.94. The van der Waals surface area contributed by atoms with Crippen molar-refractivity contribution in [3.63, 3.8) is 0 Å². The lowest BCUT2D eigenvalue weighted by Crippen LogP contribution is -2.51. The van der Waals surface area contributed by atoms with E-state index in [1.165, 1.54) is 0 Å². The molecule has 1 aromatic heterocycles. The second-order valence-corrected chi connectivity index (χ2v) is 5.99. The van der Waals surface area contributed by atoms with E-state index in [2.05, 4.69) is 10.5 Å². The number of amides is 2. The van der Waals surface area contributed by atoms with Gasteiger partial charge in [0.2, 0.25) is 0 Å². The van der Waals surface area contributed by atoms with Crippen molar-refractivity contribution >= 4 is 11.8 Å². The Kier molecular flexibility index (Phi) is 5.74. The predicted molar refractivity (Wildman–Crippen MR) is 92.3 cm³/mol. The minimum absolute atomic E-state index is 0.118. The summed E-state index contributed by atoms with van der Waals surface area (Å²) in [6.45, 7) is 0.813. The van der Waals surface area contributed by atoms with Crippen molar-refractivity contribution in [3.8, 4) is 0 Å². The van der Waals surface area contributed by atoms with Gasteiger partial charge >= 0.3 is 0 Å². The molecule has 1 atom stereocenters. The van der Waals surface area contributed by atoms with Gasteiger partial charge in [-0.25, -0.2) is 5.48 Å². The summed E-state index contributed by atoms with van der Waals surface area (Å²) >= 11 is 0. The first-order valence-electron chi connectivity index (χ1n) is 8.42. The number of piperidine rings is 1. The number of aromatic nitrogens is 1. The molecule has 130 valence electrons. The lowest BCUT2D eigenvalue weighted by Gasteiger charge is -2.34. The Morgan fingerprint density at radius 1 is 1.16 bits per heavy atom. The molecule has 0 saturated carbocycles. The third-order valence-electron chi connectivity index (χ3n) is 4.22. The molecule has 6 heteroatoms. The summed E-state index contributed by atoms with van der Waals surface area (Å²) in [5.41, 5.74) is 3.94. The van der Waals surface area contributed by atoms with Gasteiger partial charge in [-0.05, 0) is 43.0 Å². The summed E-state index contributed by atoms with van der Waals surface area (Å²) in [5.74, 6) is -0.402. The molecule has 1 saturated heterocycles. The van der Waals surface area contributed by atoms with Gasteiger partial charge in [0.1, 0.15) is 12.6 Å². The van der Waals surface area contributed by atoms with Gasteiger partial charge in [0.25, 0.3) is 11.8 Å². The molecule has 0 spiro atoms. The van der Waals surface area contributed by atoms with Crippen LogP contribution in [0.1, 0.15) is 35.2 Å². The zero-order valence-corrected chi connectivity index (χ0v) is 13.9. The van der Waals surface area contributed by atoms with E-state index in [1.54, 1.807) is 29.4 Å². The summed E-state index contributed by atoms with van der Waals surface area (Å²) in [6, 6.07) is 12.2. The predicted octanol–water partition coefficient (Wildman–Crippen LogP) is 2.32. The van der Waals surface area contributed by atoms with Crippen LogP contribution in [-0.2, 0) is 16.2 Å². The van der Waals surface area contributed by atoms with Gasteiger partial charge in [-0.2, -0.15) is 0 Å². The minimum Gasteiger partial charge on any atom is -0.327 e. The van der Waals surface area contributed by atoms with Gasteiger partial charge < -0.3 is 4.90 Å². The molecule has 1 aromatic carbocycles. The zero-order valence-electron chi connectivity index (χ0n) is 13.9. The van der Waals surface area contributed by atoms with Crippen molar-refractivity contribution in [2.24, 2.45) is 0 Å². The highest BCUT2D eigenvalue weighted by molar-refractivity contribution is 5.97. The Morgan fingerprint density at radius 2 is 2.00 bits per heavy atom. The molecule has 2 heterocycles. The van der Waals surface area contributed by atoms with Crippen molar-refractivity contribution < 1.29 is 14.4 Å². The van der Waals surface area contributed by atoms with Crippen LogP contribution in [0.5, 0.6) is 0 Å². The first kappa shape index (κ1) is 17.1. The number of benzene rings is 1. The Labute approximate surface area is 146 Å². The Balaban J connectivity index is 1.60. The van der Waals surface area contributed by atoms with Gasteiger partial charge in [0.05, 0.1) is 0 Å². The molecule has 2 amide bonds. The zero-order chi connectivity index (χ0) is 17.5. The molecule has 6 nitrogen and oxygen atoms in total. The smallest absolute Gasteiger partial charge is 0.266 e. The summed E-state index contributed by atoms with van der Waals surface area (Å²) in [6.07, 6.45) is 5.81. The first-order chi connectivity index (χ1) is 12.3. The van der Waals surface area contributed by atoms with Crippen LogP contribution in [0.15, 0.2) is 54.9 Å². The standard InChI is InChI=1S/C19H21N3O3/c23-18(21-25-14-15-7-6-11-20-13-15)17-10-4-5-12-22(17)19(24)16-8-2-1-3-9-16/h1-3,6-9,11,13,17H,4-5,10,12,14H2,(H,21,23). The highest BCUT2D eigenvalue weighted by Crippen LogP contribution is 2.20. The molecule has 0 radical (unpaired) electrons. The van der Waals surface area contributed by atoms with Gasteiger partial charge in [-0.1, -0.05) is 24.3 Å². The number of hydrogen-bond acceptors (Lipinski definition) is 4. The highest BCUT2D eigenvalue weighted by Gasteiger charge is 2.32. The van der Waals surface area contributed by atoms with E-state index in [9.17, 15) is 9.59 Å². The number of pyridine rings is 1. The maximum atomic E-state index is 12.7. The largest absolute Gasteiger partial charge is 0.327 e. The van der Waals surface area contributed by atoms with Crippen LogP contribution >= 0.6 is 0 Å². The number of carbonyl (C=O) groups is 2. The topological polar surface area (TPSA) is 71.5 Å². The fraction of sp³-hybridized carbons (Fsp3) is 0.316. The molecule has 0 aliphatic carbocycles.